The normalized spacial score (nSPS) is 20.0. The van der Waals surface area contributed by atoms with Crippen molar-refractivity contribution in [3.05, 3.63) is 71.1 Å². The van der Waals surface area contributed by atoms with Gasteiger partial charge in [-0.1, -0.05) is 50.1 Å². The Kier molecular flexibility index (Phi) is 6.52. The van der Waals surface area contributed by atoms with Crippen LogP contribution in [0.25, 0.3) is 6.08 Å². The van der Waals surface area contributed by atoms with Gasteiger partial charge < -0.3 is 5.32 Å². The Morgan fingerprint density at radius 1 is 1.00 bits per heavy atom. The molecule has 0 aliphatic heterocycles. The number of nitrogens with one attached hydrogen (secondary N) is 2. The van der Waals surface area contributed by atoms with Gasteiger partial charge in [-0.05, 0) is 54.7 Å². The molecule has 0 saturated heterocycles. The zero-order chi connectivity index (χ0) is 20.0. The van der Waals surface area contributed by atoms with Crippen LogP contribution in [0.15, 0.2) is 60.0 Å². The molecule has 0 heterocycles. The predicted molar refractivity (Wildman–Crippen MR) is 113 cm³/mol. The molecule has 2 aromatic carbocycles. The van der Waals surface area contributed by atoms with Crippen molar-refractivity contribution in [3.8, 4) is 0 Å². The van der Waals surface area contributed by atoms with Crippen molar-refractivity contribution in [3.63, 3.8) is 0 Å². The first kappa shape index (κ1) is 20.1. The standard InChI is InChI=1S/C22H26N2O3S/c1-17-7-5-6-10-21(17)23-22(25)19-11-13-20(14-12-19)24-28(26,27)16-15-18-8-3-2-4-9-18/h2-4,8-9,11-17,21,24H,5-7,10H2,1H3,(H,23,25)/b16-15+/t17-,21+/m1/s1. The Hall–Kier alpha value is -2.60. The Labute approximate surface area is 166 Å². The summed E-state index contributed by atoms with van der Waals surface area (Å²) >= 11 is 0. The lowest BCUT2D eigenvalue weighted by Crippen LogP contribution is -2.41. The predicted octanol–water partition coefficient (Wildman–Crippen LogP) is 4.41. The lowest BCUT2D eigenvalue weighted by molar-refractivity contribution is 0.0910. The summed E-state index contributed by atoms with van der Waals surface area (Å²) in [5.74, 6) is 0.373. The molecule has 0 radical (unpaired) electrons. The molecular formula is C22H26N2O3S. The van der Waals surface area contributed by atoms with Crippen molar-refractivity contribution in [2.45, 2.75) is 38.6 Å². The van der Waals surface area contributed by atoms with Gasteiger partial charge in [0.05, 0.1) is 5.41 Å². The summed E-state index contributed by atoms with van der Waals surface area (Å²) in [6, 6.07) is 15.9. The highest BCUT2D eigenvalue weighted by Crippen LogP contribution is 2.24. The maximum Gasteiger partial charge on any atom is 0.255 e. The van der Waals surface area contributed by atoms with E-state index in [4.69, 9.17) is 0 Å². The number of amides is 1. The number of benzene rings is 2. The van der Waals surface area contributed by atoms with Crippen LogP contribution < -0.4 is 10.0 Å². The Bertz CT molecular complexity index is 922. The summed E-state index contributed by atoms with van der Waals surface area (Å²) in [4.78, 5) is 12.5. The van der Waals surface area contributed by atoms with Gasteiger partial charge in [0.25, 0.3) is 15.9 Å². The average molecular weight is 399 g/mol. The van der Waals surface area contributed by atoms with Crippen LogP contribution in [-0.4, -0.2) is 20.4 Å². The Morgan fingerprint density at radius 3 is 2.36 bits per heavy atom. The van der Waals surface area contributed by atoms with E-state index >= 15 is 0 Å². The molecule has 0 unspecified atom stereocenters. The summed E-state index contributed by atoms with van der Waals surface area (Å²) in [6.45, 7) is 2.17. The molecule has 0 bridgehead atoms. The molecule has 1 aliphatic carbocycles. The monoisotopic (exact) mass is 398 g/mol. The largest absolute Gasteiger partial charge is 0.349 e. The van der Waals surface area contributed by atoms with E-state index in [-0.39, 0.29) is 11.9 Å². The number of anilines is 1. The number of hydrogen-bond acceptors (Lipinski definition) is 3. The second-order valence-electron chi connectivity index (χ2n) is 7.28. The first-order chi connectivity index (χ1) is 13.4. The number of rotatable bonds is 6. The molecule has 1 aliphatic rings. The molecule has 1 fully saturated rings. The van der Waals surface area contributed by atoms with Gasteiger partial charge in [-0.25, -0.2) is 8.42 Å². The minimum Gasteiger partial charge on any atom is -0.349 e. The number of carbonyl (C=O) groups is 1. The van der Waals surface area contributed by atoms with Crippen LogP contribution in [0.2, 0.25) is 0 Å². The molecule has 1 saturated carbocycles. The third kappa shape index (κ3) is 5.70. The topological polar surface area (TPSA) is 75.3 Å². The highest BCUT2D eigenvalue weighted by molar-refractivity contribution is 7.95. The second kappa shape index (κ2) is 9.06. The SMILES string of the molecule is C[C@@H]1CCCC[C@@H]1NC(=O)c1ccc(NS(=O)(=O)/C=C/c2ccccc2)cc1. The zero-order valence-corrected chi connectivity index (χ0v) is 16.8. The first-order valence-corrected chi connectivity index (χ1v) is 11.1. The van der Waals surface area contributed by atoms with Crippen molar-refractivity contribution in [2.75, 3.05) is 4.72 Å². The lowest BCUT2D eigenvalue weighted by atomic mass is 9.86. The molecule has 2 atom stereocenters. The van der Waals surface area contributed by atoms with Gasteiger partial charge in [0.1, 0.15) is 0 Å². The van der Waals surface area contributed by atoms with Crippen LogP contribution in [0, 0.1) is 5.92 Å². The van der Waals surface area contributed by atoms with Crippen LogP contribution >= 0.6 is 0 Å². The Balaban J connectivity index is 1.60. The molecule has 5 nitrogen and oxygen atoms in total. The molecule has 28 heavy (non-hydrogen) atoms. The highest BCUT2D eigenvalue weighted by atomic mass is 32.2. The van der Waals surface area contributed by atoms with E-state index in [2.05, 4.69) is 17.0 Å². The third-order valence-corrected chi connectivity index (χ3v) is 6.09. The molecule has 3 rings (SSSR count). The minimum absolute atomic E-state index is 0.114. The maximum atomic E-state index is 12.5. The lowest BCUT2D eigenvalue weighted by Gasteiger charge is -2.29. The van der Waals surface area contributed by atoms with Gasteiger partial charge in [-0.3, -0.25) is 9.52 Å². The van der Waals surface area contributed by atoms with Crippen molar-refractivity contribution >= 4 is 27.7 Å². The fraction of sp³-hybridized carbons (Fsp3) is 0.318. The summed E-state index contributed by atoms with van der Waals surface area (Å²) in [5, 5.41) is 4.23. The van der Waals surface area contributed by atoms with Gasteiger partial charge >= 0.3 is 0 Å². The molecule has 2 N–H and O–H groups in total. The highest BCUT2D eigenvalue weighted by Gasteiger charge is 2.23. The molecular weight excluding hydrogens is 372 g/mol. The van der Waals surface area contributed by atoms with Crippen LogP contribution in [0.1, 0.15) is 48.5 Å². The van der Waals surface area contributed by atoms with Crippen molar-refractivity contribution in [2.24, 2.45) is 5.92 Å². The first-order valence-electron chi connectivity index (χ1n) is 9.60. The Morgan fingerprint density at radius 2 is 1.68 bits per heavy atom. The van der Waals surface area contributed by atoms with Crippen molar-refractivity contribution < 1.29 is 13.2 Å². The number of carbonyl (C=O) groups excluding carboxylic acids is 1. The smallest absolute Gasteiger partial charge is 0.255 e. The molecule has 6 heteroatoms. The summed E-state index contributed by atoms with van der Waals surface area (Å²) in [5.41, 5.74) is 1.75. The van der Waals surface area contributed by atoms with E-state index in [9.17, 15) is 13.2 Å². The number of hydrogen-bond donors (Lipinski definition) is 2. The summed E-state index contributed by atoms with van der Waals surface area (Å²) in [6.07, 6.45) is 6.06. The van der Waals surface area contributed by atoms with Gasteiger partial charge in [-0.2, -0.15) is 0 Å². The third-order valence-electron chi connectivity index (χ3n) is 5.07. The van der Waals surface area contributed by atoms with E-state index in [1.54, 1.807) is 24.3 Å². The van der Waals surface area contributed by atoms with E-state index in [1.165, 1.54) is 12.5 Å². The zero-order valence-electron chi connectivity index (χ0n) is 16.0. The van der Waals surface area contributed by atoms with Crippen molar-refractivity contribution in [1.29, 1.82) is 0 Å². The fourth-order valence-corrected chi connectivity index (χ4v) is 4.27. The minimum atomic E-state index is -3.63. The average Bonchev–Trinajstić information content (AvgIpc) is 2.69. The fourth-order valence-electron chi connectivity index (χ4n) is 3.40. The van der Waals surface area contributed by atoms with Crippen LogP contribution in [0.4, 0.5) is 5.69 Å². The molecule has 0 aromatic heterocycles. The van der Waals surface area contributed by atoms with E-state index < -0.39 is 10.0 Å². The molecule has 148 valence electrons. The molecule has 0 spiro atoms. The van der Waals surface area contributed by atoms with Gasteiger partial charge in [0.15, 0.2) is 0 Å². The van der Waals surface area contributed by atoms with E-state index in [1.807, 2.05) is 30.3 Å². The van der Waals surface area contributed by atoms with Gasteiger partial charge in [-0.15, -0.1) is 0 Å². The van der Waals surface area contributed by atoms with E-state index in [0.717, 1.165) is 30.2 Å². The summed E-state index contributed by atoms with van der Waals surface area (Å²) in [7, 11) is -3.63. The van der Waals surface area contributed by atoms with Crippen LogP contribution in [0.3, 0.4) is 0 Å². The molecule has 1 amide bonds. The van der Waals surface area contributed by atoms with E-state index in [0.29, 0.717) is 17.2 Å². The second-order valence-corrected chi connectivity index (χ2v) is 8.85. The van der Waals surface area contributed by atoms with Gasteiger partial charge in [0.2, 0.25) is 0 Å². The van der Waals surface area contributed by atoms with Crippen LogP contribution in [0.5, 0.6) is 0 Å². The van der Waals surface area contributed by atoms with Gasteiger partial charge in [0, 0.05) is 17.3 Å². The maximum absolute atomic E-state index is 12.5. The number of sulfonamides is 1. The van der Waals surface area contributed by atoms with Crippen LogP contribution in [-0.2, 0) is 10.0 Å². The molecule has 2 aromatic rings. The van der Waals surface area contributed by atoms with Crippen molar-refractivity contribution in [1.82, 2.24) is 5.32 Å². The quantitative estimate of drug-likeness (QED) is 0.757. The summed E-state index contributed by atoms with van der Waals surface area (Å²) < 4.78 is 26.9.